The molecule has 3 heterocycles. The van der Waals surface area contributed by atoms with Crippen molar-refractivity contribution in [3.63, 3.8) is 0 Å². The van der Waals surface area contributed by atoms with Gasteiger partial charge in [-0.05, 0) is 39.2 Å². The molecule has 0 saturated carbocycles. The van der Waals surface area contributed by atoms with Gasteiger partial charge in [-0.25, -0.2) is 0 Å². The maximum atomic E-state index is 4.61. The lowest BCUT2D eigenvalue weighted by Gasteiger charge is -2.17. The number of nitrogens with one attached hydrogen (secondary N) is 1. The van der Waals surface area contributed by atoms with E-state index in [1.54, 1.807) is 0 Å². The molecule has 1 aliphatic rings. The third kappa shape index (κ3) is 3.63. The molecule has 3 rings (SSSR count). The number of aryl methyl sites for hydroxylation is 1. The molecule has 6 heteroatoms. The summed E-state index contributed by atoms with van der Waals surface area (Å²) in [5.74, 6) is 2.24. The van der Waals surface area contributed by atoms with Crippen molar-refractivity contribution < 1.29 is 0 Å². The van der Waals surface area contributed by atoms with E-state index in [1.807, 2.05) is 10.9 Å². The fourth-order valence-corrected chi connectivity index (χ4v) is 3.17. The highest BCUT2D eigenvalue weighted by molar-refractivity contribution is 5.05. The predicted octanol–water partition coefficient (Wildman–Crippen LogP) is 3.02. The number of hydrogen-bond donors (Lipinski definition) is 1. The molecule has 1 atom stereocenters. The van der Waals surface area contributed by atoms with Crippen LogP contribution >= 0.6 is 0 Å². The predicted molar refractivity (Wildman–Crippen MR) is 90.1 cm³/mol. The van der Waals surface area contributed by atoms with Crippen molar-refractivity contribution >= 4 is 0 Å². The van der Waals surface area contributed by atoms with E-state index in [0.29, 0.717) is 6.04 Å². The average Bonchev–Trinajstić information content (AvgIpc) is 3.10. The van der Waals surface area contributed by atoms with Crippen LogP contribution in [0, 0.1) is 0 Å². The Hall–Kier alpha value is -1.69. The standard InChI is InChI=1S/C17H28N6/c1-4-15(18-12-14-9-11-23(21-14)13(2)3)17-20-19-16-8-6-5-7-10-22(16)17/h9,11,13,15,18H,4-8,10,12H2,1-3H3. The van der Waals surface area contributed by atoms with E-state index in [1.165, 1.54) is 19.3 Å². The van der Waals surface area contributed by atoms with Gasteiger partial charge < -0.3 is 9.88 Å². The van der Waals surface area contributed by atoms with Gasteiger partial charge in [0.1, 0.15) is 11.6 Å². The van der Waals surface area contributed by atoms with Gasteiger partial charge in [0, 0.05) is 31.7 Å². The first-order valence-corrected chi connectivity index (χ1v) is 8.88. The van der Waals surface area contributed by atoms with Crippen LogP contribution in [-0.2, 0) is 19.5 Å². The minimum atomic E-state index is 0.235. The molecule has 23 heavy (non-hydrogen) atoms. The summed E-state index contributed by atoms with van der Waals surface area (Å²) in [4.78, 5) is 0. The molecule has 0 amide bonds. The molecule has 0 spiro atoms. The highest BCUT2D eigenvalue weighted by atomic mass is 15.3. The van der Waals surface area contributed by atoms with E-state index in [-0.39, 0.29) is 6.04 Å². The van der Waals surface area contributed by atoms with E-state index in [2.05, 4.69) is 52.0 Å². The number of rotatable bonds is 6. The Morgan fingerprint density at radius 1 is 1.22 bits per heavy atom. The zero-order valence-electron chi connectivity index (χ0n) is 14.5. The summed E-state index contributed by atoms with van der Waals surface area (Å²) in [5.41, 5.74) is 1.08. The van der Waals surface area contributed by atoms with Crippen molar-refractivity contribution in [2.75, 3.05) is 0 Å². The van der Waals surface area contributed by atoms with Gasteiger partial charge in [-0.3, -0.25) is 4.68 Å². The molecule has 1 unspecified atom stereocenters. The lowest BCUT2D eigenvalue weighted by Crippen LogP contribution is -2.24. The second-order valence-corrected chi connectivity index (χ2v) is 6.66. The van der Waals surface area contributed by atoms with Gasteiger partial charge in [0.25, 0.3) is 0 Å². The van der Waals surface area contributed by atoms with Crippen molar-refractivity contribution in [3.05, 3.63) is 29.6 Å². The van der Waals surface area contributed by atoms with Gasteiger partial charge in [-0.15, -0.1) is 10.2 Å². The molecule has 2 aromatic heterocycles. The Kier molecular flexibility index (Phi) is 5.10. The van der Waals surface area contributed by atoms with Crippen molar-refractivity contribution in [1.82, 2.24) is 29.9 Å². The van der Waals surface area contributed by atoms with Crippen molar-refractivity contribution in [2.45, 2.75) is 78.0 Å². The van der Waals surface area contributed by atoms with Crippen LogP contribution in [-0.4, -0.2) is 24.5 Å². The molecule has 2 aromatic rings. The number of nitrogens with zero attached hydrogens (tertiary/aromatic N) is 5. The Balaban J connectivity index is 1.69. The largest absolute Gasteiger partial charge is 0.314 e. The average molecular weight is 316 g/mol. The van der Waals surface area contributed by atoms with Crippen molar-refractivity contribution in [3.8, 4) is 0 Å². The molecule has 6 nitrogen and oxygen atoms in total. The summed E-state index contributed by atoms with van der Waals surface area (Å²) in [5, 5.41) is 17.1. The molecule has 1 aliphatic heterocycles. The van der Waals surface area contributed by atoms with Gasteiger partial charge in [-0.2, -0.15) is 5.10 Å². The summed E-state index contributed by atoms with van der Waals surface area (Å²) in [6.07, 6.45) is 7.86. The Labute approximate surface area is 138 Å². The quantitative estimate of drug-likeness (QED) is 0.890. The Bertz CT molecular complexity index is 627. The fraction of sp³-hybridized carbons (Fsp3) is 0.706. The van der Waals surface area contributed by atoms with Gasteiger partial charge in [-0.1, -0.05) is 13.3 Å². The summed E-state index contributed by atoms with van der Waals surface area (Å²) < 4.78 is 4.34. The lowest BCUT2D eigenvalue weighted by molar-refractivity contribution is 0.454. The van der Waals surface area contributed by atoms with E-state index in [0.717, 1.165) is 43.3 Å². The molecule has 0 radical (unpaired) electrons. The second kappa shape index (κ2) is 7.25. The van der Waals surface area contributed by atoms with Gasteiger partial charge in [0.2, 0.25) is 0 Å². The second-order valence-electron chi connectivity index (χ2n) is 6.66. The van der Waals surface area contributed by atoms with Gasteiger partial charge in [0.15, 0.2) is 0 Å². The van der Waals surface area contributed by atoms with Crippen LogP contribution in [0.3, 0.4) is 0 Å². The van der Waals surface area contributed by atoms with Gasteiger partial charge in [0.05, 0.1) is 11.7 Å². The molecule has 1 N–H and O–H groups in total. The van der Waals surface area contributed by atoms with Crippen LogP contribution in [0.25, 0.3) is 0 Å². The monoisotopic (exact) mass is 316 g/mol. The third-order valence-corrected chi connectivity index (χ3v) is 4.58. The van der Waals surface area contributed by atoms with Crippen LogP contribution in [0.1, 0.15) is 75.9 Å². The minimum absolute atomic E-state index is 0.235. The molecule has 0 saturated heterocycles. The maximum Gasteiger partial charge on any atom is 0.150 e. The first kappa shape index (κ1) is 16.2. The molecular weight excluding hydrogens is 288 g/mol. The van der Waals surface area contributed by atoms with Crippen LogP contribution < -0.4 is 5.32 Å². The van der Waals surface area contributed by atoms with E-state index in [4.69, 9.17) is 0 Å². The first-order chi connectivity index (χ1) is 11.2. The van der Waals surface area contributed by atoms with E-state index < -0.39 is 0 Å². The number of fused-ring (bicyclic) bond motifs is 1. The van der Waals surface area contributed by atoms with Crippen LogP contribution in [0.2, 0.25) is 0 Å². The topological polar surface area (TPSA) is 60.6 Å². The molecule has 126 valence electrons. The fourth-order valence-electron chi connectivity index (χ4n) is 3.17. The zero-order valence-corrected chi connectivity index (χ0v) is 14.5. The molecule has 0 fully saturated rings. The van der Waals surface area contributed by atoms with E-state index >= 15 is 0 Å². The smallest absolute Gasteiger partial charge is 0.150 e. The molecule has 0 aliphatic carbocycles. The van der Waals surface area contributed by atoms with Crippen molar-refractivity contribution in [2.24, 2.45) is 0 Å². The Morgan fingerprint density at radius 3 is 2.83 bits per heavy atom. The normalized spacial score (nSPS) is 16.3. The first-order valence-electron chi connectivity index (χ1n) is 8.88. The van der Waals surface area contributed by atoms with E-state index in [9.17, 15) is 0 Å². The van der Waals surface area contributed by atoms with Gasteiger partial charge >= 0.3 is 0 Å². The minimum Gasteiger partial charge on any atom is -0.314 e. The third-order valence-electron chi connectivity index (χ3n) is 4.58. The maximum absolute atomic E-state index is 4.61. The van der Waals surface area contributed by atoms with Crippen molar-refractivity contribution in [1.29, 1.82) is 0 Å². The number of aromatic nitrogens is 5. The summed E-state index contributed by atoms with van der Waals surface area (Å²) >= 11 is 0. The molecular formula is C17H28N6. The highest BCUT2D eigenvalue weighted by Gasteiger charge is 2.21. The summed E-state index contributed by atoms with van der Waals surface area (Å²) in [6, 6.07) is 2.72. The zero-order chi connectivity index (χ0) is 16.2. The molecule has 0 aromatic carbocycles. The van der Waals surface area contributed by atoms with Crippen LogP contribution in [0.4, 0.5) is 0 Å². The molecule has 0 bridgehead atoms. The number of hydrogen-bond acceptors (Lipinski definition) is 4. The van der Waals surface area contributed by atoms with Crippen LogP contribution in [0.5, 0.6) is 0 Å². The summed E-state index contributed by atoms with van der Waals surface area (Å²) in [6.45, 7) is 8.30. The lowest BCUT2D eigenvalue weighted by atomic mass is 10.2. The van der Waals surface area contributed by atoms with Crippen LogP contribution in [0.15, 0.2) is 12.3 Å². The highest BCUT2D eigenvalue weighted by Crippen LogP contribution is 2.21. The summed E-state index contributed by atoms with van der Waals surface area (Å²) in [7, 11) is 0. The SMILES string of the molecule is CCC(NCc1ccn(C(C)C)n1)c1nnc2n1CCCCC2. The Morgan fingerprint density at radius 2 is 2.09 bits per heavy atom.